The maximum absolute atomic E-state index is 11.9. The van der Waals surface area contributed by atoms with Crippen molar-refractivity contribution in [2.75, 3.05) is 17.7 Å². The Labute approximate surface area is 164 Å². The van der Waals surface area contributed by atoms with E-state index >= 15 is 0 Å². The van der Waals surface area contributed by atoms with Gasteiger partial charge in [-0.3, -0.25) is 0 Å². The zero-order valence-electron chi connectivity index (χ0n) is 17.3. The average molecular weight is 377 g/mol. The summed E-state index contributed by atoms with van der Waals surface area (Å²) in [5, 5.41) is 3.68. The standard InChI is InChI=1S/C22H36N2O3/c1-5-20(22(25)26-6-2)27-17-12-13-19(18(23)14-17)24-21(15(3)4)16-10-8-7-9-11-16/h12-16,20-21,24H,5-11,23H2,1-4H3. The molecule has 5 nitrogen and oxygen atoms in total. The summed E-state index contributed by atoms with van der Waals surface area (Å²) >= 11 is 0. The van der Waals surface area contributed by atoms with Crippen molar-refractivity contribution >= 4 is 17.3 Å². The molecule has 0 heterocycles. The number of hydrogen-bond acceptors (Lipinski definition) is 5. The average Bonchev–Trinajstić information content (AvgIpc) is 2.66. The lowest BCUT2D eigenvalue weighted by Gasteiger charge is -2.34. The molecule has 0 bridgehead atoms. The minimum absolute atomic E-state index is 0.335. The highest BCUT2D eigenvalue weighted by Gasteiger charge is 2.26. The van der Waals surface area contributed by atoms with Gasteiger partial charge in [0, 0.05) is 12.1 Å². The van der Waals surface area contributed by atoms with Crippen molar-refractivity contribution in [1.29, 1.82) is 0 Å². The first-order valence-electron chi connectivity index (χ1n) is 10.5. The van der Waals surface area contributed by atoms with E-state index in [2.05, 4.69) is 19.2 Å². The minimum Gasteiger partial charge on any atom is -0.479 e. The van der Waals surface area contributed by atoms with Crippen LogP contribution in [-0.4, -0.2) is 24.7 Å². The number of esters is 1. The third-order valence-electron chi connectivity index (χ3n) is 5.42. The number of nitrogens with one attached hydrogen (secondary N) is 1. The zero-order chi connectivity index (χ0) is 19.8. The lowest BCUT2D eigenvalue weighted by atomic mass is 9.79. The molecule has 2 atom stereocenters. The maximum Gasteiger partial charge on any atom is 0.347 e. The molecule has 27 heavy (non-hydrogen) atoms. The second-order valence-corrected chi connectivity index (χ2v) is 7.83. The van der Waals surface area contributed by atoms with Crippen molar-refractivity contribution < 1.29 is 14.3 Å². The Kier molecular flexibility index (Phi) is 8.26. The molecule has 3 N–H and O–H groups in total. The van der Waals surface area contributed by atoms with Gasteiger partial charge >= 0.3 is 5.97 Å². The summed E-state index contributed by atoms with van der Waals surface area (Å²) in [6.07, 6.45) is 6.52. The third-order valence-corrected chi connectivity index (χ3v) is 5.42. The van der Waals surface area contributed by atoms with Crippen LogP contribution in [0.1, 0.15) is 66.2 Å². The summed E-state index contributed by atoms with van der Waals surface area (Å²) in [4.78, 5) is 11.9. The fourth-order valence-corrected chi connectivity index (χ4v) is 3.94. The Morgan fingerprint density at radius 1 is 1.22 bits per heavy atom. The molecule has 1 aromatic rings. The number of nitrogens with two attached hydrogens (primary N) is 1. The predicted molar refractivity (Wildman–Crippen MR) is 111 cm³/mol. The molecule has 0 aliphatic heterocycles. The van der Waals surface area contributed by atoms with E-state index in [4.69, 9.17) is 15.2 Å². The van der Waals surface area contributed by atoms with Crippen LogP contribution in [0.2, 0.25) is 0 Å². The first-order chi connectivity index (χ1) is 13.0. The monoisotopic (exact) mass is 376 g/mol. The molecular weight excluding hydrogens is 340 g/mol. The van der Waals surface area contributed by atoms with Crippen molar-refractivity contribution in [2.24, 2.45) is 11.8 Å². The number of carbonyl (C=O) groups excluding carboxylic acids is 1. The summed E-state index contributed by atoms with van der Waals surface area (Å²) in [6.45, 7) is 8.58. The van der Waals surface area contributed by atoms with Crippen LogP contribution >= 0.6 is 0 Å². The highest BCUT2D eigenvalue weighted by atomic mass is 16.6. The molecule has 1 aliphatic rings. The Morgan fingerprint density at radius 2 is 1.93 bits per heavy atom. The van der Waals surface area contributed by atoms with Crippen molar-refractivity contribution in [1.82, 2.24) is 0 Å². The smallest absolute Gasteiger partial charge is 0.347 e. The van der Waals surface area contributed by atoms with E-state index in [1.807, 2.05) is 19.1 Å². The molecule has 1 aliphatic carbocycles. The van der Waals surface area contributed by atoms with Gasteiger partial charge in [-0.2, -0.15) is 0 Å². The van der Waals surface area contributed by atoms with Crippen molar-refractivity contribution in [3.8, 4) is 5.75 Å². The quantitative estimate of drug-likeness (QED) is 0.468. The molecule has 0 radical (unpaired) electrons. The summed E-state index contributed by atoms with van der Waals surface area (Å²) in [6, 6.07) is 6.05. The molecule has 1 saturated carbocycles. The molecule has 0 saturated heterocycles. The molecular formula is C22H36N2O3. The van der Waals surface area contributed by atoms with Crippen LogP contribution in [0.3, 0.4) is 0 Å². The van der Waals surface area contributed by atoms with Gasteiger partial charge in [-0.1, -0.05) is 40.0 Å². The van der Waals surface area contributed by atoms with E-state index in [0.717, 1.165) is 5.69 Å². The van der Waals surface area contributed by atoms with Gasteiger partial charge in [0.25, 0.3) is 0 Å². The number of ether oxygens (including phenoxy) is 2. The number of nitrogen functional groups attached to an aromatic ring is 1. The van der Waals surface area contributed by atoms with E-state index in [9.17, 15) is 4.79 Å². The normalized spacial score (nSPS) is 17.4. The first-order valence-corrected chi connectivity index (χ1v) is 10.5. The lowest BCUT2D eigenvalue weighted by Crippen LogP contribution is -2.35. The van der Waals surface area contributed by atoms with Crippen molar-refractivity contribution in [2.45, 2.75) is 78.4 Å². The van der Waals surface area contributed by atoms with Crippen LogP contribution in [0, 0.1) is 11.8 Å². The van der Waals surface area contributed by atoms with Gasteiger partial charge in [-0.15, -0.1) is 0 Å². The van der Waals surface area contributed by atoms with Crippen molar-refractivity contribution in [3.05, 3.63) is 18.2 Å². The predicted octanol–water partition coefficient (Wildman–Crippen LogP) is 5.01. The van der Waals surface area contributed by atoms with Gasteiger partial charge < -0.3 is 20.5 Å². The summed E-state index contributed by atoms with van der Waals surface area (Å²) in [5.41, 5.74) is 7.88. The van der Waals surface area contributed by atoms with Crippen LogP contribution in [0.15, 0.2) is 18.2 Å². The van der Waals surface area contributed by atoms with E-state index in [-0.39, 0.29) is 5.97 Å². The van der Waals surface area contributed by atoms with Gasteiger partial charge in [0.15, 0.2) is 6.10 Å². The number of hydrogen-bond donors (Lipinski definition) is 2. The van der Waals surface area contributed by atoms with Crippen molar-refractivity contribution in [3.63, 3.8) is 0 Å². The number of carbonyl (C=O) groups is 1. The SMILES string of the molecule is CCOC(=O)C(CC)Oc1ccc(NC(C(C)C)C2CCCCC2)c(N)c1. The van der Waals surface area contributed by atoms with Gasteiger partial charge in [-0.05, 0) is 50.2 Å². The second-order valence-electron chi connectivity index (χ2n) is 7.83. The fourth-order valence-electron chi connectivity index (χ4n) is 3.94. The van der Waals surface area contributed by atoms with Crippen LogP contribution in [0.4, 0.5) is 11.4 Å². The molecule has 2 unspecified atom stereocenters. The largest absolute Gasteiger partial charge is 0.479 e. The zero-order valence-corrected chi connectivity index (χ0v) is 17.3. The van der Waals surface area contributed by atoms with E-state index < -0.39 is 6.10 Å². The first kappa shape index (κ1) is 21.4. The van der Waals surface area contributed by atoms with Crippen LogP contribution < -0.4 is 15.8 Å². The van der Waals surface area contributed by atoms with Crippen LogP contribution in [-0.2, 0) is 9.53 Å². The van der Waals surface area contributed by atoms with Gasteiger partial charge in [0.05, 0.1) is 18.0 Å². The molecule has 1 aromatic carbocycles. The highest BCUT2D eigenvalue weighted by Crippen LogP contribution is 2.33. The van der Waals surface area contributed by atoms with Crippen LogP contribution in [0.25, 0.3) is 0 Å². The van der Waals surface area contributed by atoms with Gasteiger partial charge in [-0.25, -0.2) is 4.79 Å². The molecule has 1 fully saturated rings. The fraction of sp³-hybridized carbons (Fsp3) is 0.682. The Balaban J connectivity index is 2.07. The second kappa shape index (κ2) is 10.4. The Hall–Kier alpha value is -1.91. The minimum atomic E-state index is -0.603. The Morgan fingerprint density at radius 3 is 2.48 bits per heavy atom. The molecule has 152 valence electrons. The molecule has 2 rings (SSSR count). The molecule has 0 spiro atoms. The summed E-state index contributed by atoms with van der Waals surface area (Å²) < 4.78 is 10.9. The van der Waals surface area contributed by atoms with Gasteiger partial charge in [0.2, 0.25) is 0 Å². The highest BCUT2D eigenvalue weighted by molar-refractivity contribution is 5.75. The number of rotatable bonds is 9. The third kappa shape index (κ3) is 6.05. The van der Waals surface area contributed by atoms with E-state index in [0.29, 0.717) is 42.3 Å². The van der Waals surface area contributed by atoms with Gasteiger partial charge in [0.1, 0.15) is 5.75 Å². The van der Waals surface area contributed by atoms with E-state index in [1.54, 1.807) is 13.0 Å². The summed E-state index contributed by atoms with van der Waals surface area (Å²) in [7, 11) is 0. The lowest BCUT2D eigenvalue weighted by molar-refractivity contribution is -0.151. The topological polar surface area (TPSA) is 73.6 Å². The molecule has 5 heteroatoms. The summed E-state index contributed by atoms with van der Waals surface area (Å²) in [5.74, 6) is 1.49. The number of anilines is 2. The molecule has 0 amide bonds. The van der Waals surface area contributed by atoms with Crippen LogP contribution in [0.5, 0.6) is 5.75 Å². The van der Waals surface area contributed by atoms with E-state index in [1.165, 1.54) is 32.1 Å². The Bertz CT molecular complexity index is 597. The molecule has 0 aromatic heterocycles. The number of benzene rings is 1. The maximum atomic E-state index is 11.9.